The average Bonchev–Trinajstić information content (AvgIpc) is 2.92. The molecule has 27 heavy (non-hydrogen) atoms. The van der Waals surface area contributed by atoms with Crippen molar-refractivity contribution in [2.45, 2.75) is 58.6 Å². The SMILES string of the molecule is Cc1ccccc1[C@H](C[N+](=O)[O-])[C@H]1N=C2[C@H]3CC[C@@](C)([C@@H]2OC1=O)C3(C)C. The zero-order valence-corrected chi connectivity index (χ0v) is 16.3. The molecule has 2 saturated carbocycles. The van der Waals surface area contributed by atoms with E-state index in [0.29, 0.717) is 0 Å². The van der Waals surface area contributed by atoms with Crippen LogP contribution in [0.2, 0.25) is 0 Å². The molecule has 0 unspecified atom stereocenters. The van der Waals surface area contributed by atoms with Gasteiger partial charge < -0.3 is 4.74 Å². The Hall–Kier alpha value is -2.24. The van der Waals surface area contributed by atoms with Crippen molar-refractivity contribution >= 4 is 11.7 Å². The van der Waals surface area contributed by atoms with Crippen molar-refractivity contribution in [1.29, 1.82) is 0 Å². The molecular weight excluding hydrogens is 344 g/mol. The molecule has 6 nitrogen and oxygen atoms in total. The third-order valence-corrected chi connectivity index (χ3v) is 7.58. The van der Waals surface area contributed by atoms with Gasteiger partial charge in [0.05, 0.1) is 11.6 Å². The van der Waals surface area contributed by atoms with E-state index in [2.05, 4.69) is 20.8 Å². The molecular formula is C21H26N2O4. The normalized spacial score (nSPS) is 34.6. The maximum absolute atomic E-state index is 12.9. The van der Waals surface area contributed by atoms with Gasteiger partial charge in [0.1, 0.15) is 6.10 Å². The number of benzene rings is 1. The molecule has 1 aromatic carbocycles. The molecule has 2 fully saturated rings. The number of carbonyl (C=O) groups is 1. The van der Waals surface area contributed by atoms with Crippen LogP contribution in [0.15, 0.2) is 29.3 Å². The summed E-state index contributed by atoms with van der Waals surface area (Å²) in [6.07, 6.45) is 1.76. The second-order valence-electron chi connectivity index (χ2n) is 9.02. The number of aliphatic imine (C=N–C) groups is 1. The molecule has 0 amide bonds. The van der Waals surface area contributed by atoms with Crippen LogP contribution in [0.5, 0.6) is 0 Å². The van der Waals surface area contributed by atoms with Gasteiger partial charge in [0, 0.05) is 16.3 Å². The number of carbonyl (C=O) groups excluding carboxylic acids is 1. The first-order valence-corrected chi connectivity index (χ1v) is 9.62. The van der Waals surface area contributed by atoms with E-state index in [-0.39, 0.29) is 34.3 Å². The lowest BCUT2D eigenvalue weighted by Gasteiger charge is -2.40. The summed E-state index contributed by atoms with van der Waals surface area (Å²) in [5, 5.41) is 11.4. The lowest BCUT2D eigenvalue weighted by molar-refractivity contribution is -0.483. The Kier molecular flexibility index (Phi) is 3.95. The van der Waals surface area contributed by atoms with Crippen molar-refractivity contribution in [2.75, 3.05) is 6.54 Å². The molecule has 1 aromatic rings. The molecule has 4 rings (SSSR count). The molecule has 1 aliphatic heterocycles. The summed E-state index contributed by atoms with van der Waals surface area (Å²) in [4.78, 5) is 28.8. The molecule has 0 aromatic heterocycles. The average molecular weight is 370 g/mol. The monoisotopic (exact) mass is 370 g/mol. The van der Waals surface area contributed by atoms with Crippen LogP contribution in [-0.4, -0.2) is 35.3 Å². The van der Waals surface area contributed by atoms with Crippen LogP contribution in [0, 0.1) is 33.8 Å². The molecule has 2 bridgehead atoms. The van der Waals surface area contributed by atoms with Crippen molar-refractivity contribution in [3.8, 4) is 0 Å². The van der Waals surface area contributed by atoms with E-state index in [1.54, 1.807) is 0 Å². The van der Waals surface area contributed by atoms with Crippen molar-refractivity contribution in [3.05, 3.63) is 45.5 Å². The van der Waals surface area contributed by atoms with Crippen molar-refractivity contribution in [3.63, 3.8) is 0 Å². The van der Waals surface area contributed by atoms with Gasteiger partial charge in [-0.05, 0) is 36.3 Å². The van der Waals surface area contributed by atoms with Gasteiger partial charge in [0.2, 0.25) is 6.54 Å². The predicted octanol–water partition coefficient (Wildman–Crippen LogP) is 3.55. The molecule has 0 saturated heterocycles. The van der Waals surface area contributed by atoms with Gasteiger partial charge in [-0.25, -0.2) is 4.79 Å². The topological polar surface area (TPSA) is 81.8 Å². The lowest BCUT2D eigenvalue weighted by atomic mass is 9.70. The van der Waals surface area contributed by atoms with E-state index < -0.39 is 17.9 Å². The minimum Gasteiger partial charge on any atom is -0.454 e. The Morgan fingerprint density at radius 1 is 1.33 bits per heavy atom. The number of ether oxygens (including phenoxy) is 1. The van der Waals surface area contributed by atoms with E-state index in [1.165, 1.54) is 0 Å². The van der Waals surface area contributed by atoms with Gasteiger partial charge in [-0.15, -0.1) is 0 Å². The largest absolute Gasteiger partial charge is 0.454 e. The van der Waals surface area contributed by atoms with Crippen LogP contribution in [-0.2, 0) is 9.53 Å². The van der Waals surface area contributed by atoms with E-state index in [1.807, 2.05) is 31.2 Å². The van der Waals surface area contributed by atoms with Gasteiger partial charge in [-0.1, -0.05) is 45.0 Å². The zero-order valence-electron chi connectivity index (χ0n) is 16.3. The highest BCUT2D eigenvalue weighted by molar-refractivity contribution is 6.01. The summed E-state index contributed by atoms with van der Waals surface area (Å²) in [6, 6.07) is 6.66. The van der Waals surface area contributed by atoms with Crippen LogP contribution in [0.4, 0.5) is 0 Å². The Balaban J connectivity index is 1.78. The molecule has 0 N–H and O–H groups in total. The number of hydrogen-bond acceptors (Lipinski definition) is 5. The minimum absolute atomic E-state index is 0.00688. The maximum Gasteiger partial charge on any atom is 0.332 e. The number of rotatable bonds is 4. The fourth-order valence-electron chi connectivity index (χ4n) is 5.55. The summed E-state index contributed by atoms with van der Waals surface area (Å²) in [5.74, 6) is -0.767. The van der Waals surface area contributed by atoms with Crippen LogP contribution in [0.25, 0.3) is 0 Å². The van der Waals surface area contributed by atoms with Crippen molar-refractivity contribution in [2.24, 2.45) is 21.7 Å². The highest BCUT2D eigenvalue weighted by Gasteiger charge is 2.68. The summed E-state index contributed by atoms with van der Waals surface area (Å²) in [6.45, 7) is 8.21. The number of nitro groups is 1. The van der Waals surface area contributed by atoms with Crippen molar-refractivity contribution in [1.82, 2.24) is 0 Å². The number of aryl methyl sites for hydroxylation is 1. The first kappa shape index (κ1) is 18.1. The Bertz CT molecular complexity index is 846. The van der Waals surface area contributed by atoms with Gasteiger partial charge >= 0.3 is 5.97 Å². The second-order valence-corrected chi connectivity index (χ2v) is 9.02. The fraction of sp³-hybridized carbons (Fsp3) is 0.619. The standard InChI is InChI=1S/C21H26N2O4/c1-12-7-5-6-8-13(12)14(11-23(25)26)16-19(24)27-18-17(22-16)15-9-10-21(18,4)20(15,2)3/h5-8,14-16,18H,9-11H2,1-4H3/t14-,15+,16+,18+,21-/m0/s1. The molecule has 3 aliphatic rings. The molecule has 2 aliphatic carbocycles. The number of fused-ring (bicyclic) bond motifs is 5. The van der Waals surface area contributed by atoms with Crippen molar-refractivity contribution < 1.29 is 14.5 Å². The Morgan fingerprint density at radius 2 is 2.04 bits per heavy atom. The third kappa shape index (κ3) is 2.45. The van der Waals surface area contributed by atoms with Crippen LogP contribution < -0.4 is 0 Å². The molecule has 6 heteroatoms. The number of nitrogens with zero attached hydrogens (tertiary/aromatic N) is 2. The predicted molar refractivity (Wildman–Crippen MR) is 101 cm³/mol. The minimum atomic E-state index is -0.846. The molecule has 1 heterocycles. The van der Waals surface area contributed by atoms with Gasteiger partial charge in [-0.3, -0.25) is 15.1 Å². The van der Waals surface area contributed by atoms with E-state index in [4.69, 9.17) is 9.73 Å². The zero-order chi connectivity index (χ0) is 19.6. The number of esters is 1. The van der Waals surface area contributed by atoms with E-state index >= 15 is 0 Å². The fourth-order valence-corrected chi connectivity index (χ4v) is 5.55. The van der Waals surface area contributed by atoms with E-state index in [0.717, 1.165) is 29.7 Å². The summed E-state index contributed by atoms with van der Waals surface area (Å²) >= 11 is 0. The highest BCUT2D eigenvalue weighted by Crippen LogP contribution is 2.65. The summed E-state index contributed by atoms with van der Waals surface area (Å²) < 4.78 is 5.93. The number of hydrogen-bond donors (Lipinski definition) is 0. The van der Waals surface area contributed by atoms with Crippen LogP contribution in [0.1, 0.15) is 50.7 Å². The second kappa shape index (κ2) is 5.88. The molecule has 5 atom stereocenters. The summed E-state index contributed by atoms with van der Waals surface area (Å²) in [5.41, 5.74) is 2.57. The van der Waals surface area contributed by atoms with Gasteiger partial charge in [0.15, 0.2) is 6.04 Å². The van der Waals surface area contributed by atoms with Gasteiger partial charge in [0.25, 0.3) is 0 Å². The third-order valence-electron chi connectivity index (χ3n) is 7.58. The Morgan fingerprint density at radius 3 is 2.70 bits per heavy atom. The van der Waals surface area contributed by atoms with Crippen LogP contribution >= 0.6 is 0 Å². The van der Waals surface area contributed by atoms with Gasteiger partial charge in [-0.2, -0.15) is 0 Å². The highest BCUT2D eigenvalue weighted by atomic mass is 16.6. The smallest absolute Gasteiger partial charge is 0.332 e. The van der Waals surface area contributed by atoms with Crippen LogP contribution in [0.3, 0.4) is 0 Å². The first-order chi connectivity index (χ1) is 12.7. The lowest BCUT2D eigenvalue weighted by Crippen LogP contribution is -2.48. The molecule has 0 radical (unpaired) electrons. The molecule has 0 spiro atoms. The quantitative estimate of drug-likeness (QED) is 0.461. The summed E-state index contributed by atoms with van der Waals surface area (Å²) in [7, 11) is 0. The molecule has 144 valence electrons. The first-order valence-electron chi connectivity index (χ1n) is 9.62. The Labute approximate surface area is 159 Å². The van der Waals surface area contributed by atoms with E-state index in [9.17, 15) is 14.9 Å². The maximum atomic E-state index is 12.9.